The van der Waals surface area contributed by atoms with Crippen LogP contribution in [-0.2, 0) is 43.9 Å². The topological polar surface area (TPSA) is 335 Å². The number of nitrogen functional groups attached to an aromatic ring is 2. The number of aromatic nitrogens is 8. The molecule has 4 aromatic heterocycles. The van der Waals surface area contributed by atoms with Gasteiger partial charge in [-0.05, 0) is 11.8 Å². The first-order valence-corrected chi connectivity index (χ1v) is 17.2. The minimum absolute atomic E-state index is 0. The number of rotatable bonds is 2. The predicted molar refractivity (Wildman–Crippen MR) is 151 cm³/mol. The van der Waals surface area contributed by atoms with Crippen LogP contribution in [0.3, 0.4) is 0 Å². The van der Waals surface area contributed by atoms with Crippen molar-refractivity contribution in [2.24, 2.45) is 0 Å². The van der Waals surface area contributed by atoms with Crippen LogP contribution in [-0.4, -0.2) is 104 Å². The van der Waals surface area contributed by atoms with Crippen molar-refractivity contribution in [1.82, 2.24) is 39.0 Å². The van der Waals surface area contributed by atoms with Gasteiger partial charge in [0.05, 0.1) is 25.9 Å². The normalized spacial score (nSPS) is 36.3. The van der Waals surface area contributed by atoms with E-state index < -0.39 is 88.0 Å². The average Bonchev–Trinajstić information content (AvgIpc) is 3.72. The molecule has 23 nitrogen and oxygen atoms in total. The minimum atomic E-state index is -5.30. The molecule has 0 bridgehead atoms. The van der Waals surface area contributed by atoms with Crippen LogP contribution in [0.15, 0.2) is 22.2 Å². The summed E-state index contributed by atoms with van der Waals surface area (Å²) in [6.45, 7) is -5.81. The van der Waals surface area contributed by atoms with Crippen molar-refractivity contribution >= 4 is 60.6 Å². The Kier molecular flexibility index (Phi) is 9.28. The van der Waals surface area contributed by atoms with E-state index in [4.69, 9.17) is 50.8 Å². The predicted octanol–water partition coefficient (Wildman–Crippen LogP) is -6.56. The second kappa shape index (κ2) is 12.6. The van der Waals surface area contributed by atoms with E-state index in [9.17, 15) is 34.2 Å². The number of ether oxygens (including phenoxy) is 2. The average molecular weight is 728 g/mol. The quantitative estimate of drug-likeness (QED) is 0.0745. The number of aliphatic hydroxyl groups is 2. The number of anilines is 2. The van der Waals surface area contributed by atoms with E-state index in [-0.39, 0.29) is 63.8 Å². The third-order valence-corrected chi connectivity index (χ3v) is 9.90. The third-order valence-electron chi connectivity index (χ3n) is 7.37. The van der Waals surface area contributed by atoms with Crippen LogP contribution in [0.5, 0.6) is 0 Å². The van der Waals surface area contributed by atoms with Gasteiger partial charge in [0.25, 0.3) is 18.9 Å². The zero-order valence-electron chi connectivity index (χ0n) is 23.8. The van der Waals surface area contributed by atoms with E-state index in [1.54, 1.807) is 0 Å². The number of phosphoric acid groups is 1. The van der Waals surface area contributed by atoms with Gasteiger partial charge in [-0.2, -0.15) is 9.97 Å². The molecule has 0 aromatic carbocycles. The van der Waals surface area contributed by atoms with Gasteiger partial charge in [-0.3, -0.25) is 37.8 Å². The van der Waals surface area contributed by atoms with Crippen LogP contribution in [0.25, 0.3) is 22.3 Å². The molecular formula is C20H23N10NaO13P2S. The third kappa shape index (κ3) is 6.34. The van der Waals surface area contributed by atoms with E-state index in [2.05, 4.69) is 29.9 Å². The standard InChI is InChI=1S/C20H24N10O13P2S.Na/c21-19-25-13-7(15(33)27-19)23-3-29(13)17-9(31)11-6(41-17)2-39-45(37,46)43-12-5(1-38-44(35,36)42-11)40-18(10(12)32)30-4-24-8-14(30)26-20(22)28-16(8)34;/h3-6,9-12,17-18,31-32H,1-2H2,(H,35,36)(H,37,46)(H3,21,25,27,33)(H3,22,26,28,34);/q;+1/p-1/t5-,6-,9-,10-,11-,12-,17?,18-,45?;/m1./s1. The minimum Gasteiger partial charge on any atom is -0.756 e. The van der Waals surface area contributed by atoms with Crippen LogP contribution in [0.2, 0.25) is 0 Å². The fourth-order valence-corrected chi connectivity index (χ4v) is 7.78. The van der Waals surface area contributed by atoms with Crippen LogP contribution in [0, 0.1) is 0 Å². The van der Waals surface area contributed by atoms with E-state index in [1.807, 2.05) is 0 Å². The van der Waals surface area contributed by atoms with Crippen LogP contribution in [0.4, 0.5) is 11.9 Å². The first-order valence-electron chi connectivity index (χ1n) is 13.1. The Morgan fingerprint density at radius 1 is 0.872 bits per heavy atom. The van der Waals surface area contributed by atoms with Gasteiger partial charge in [-0.1, -0.05) is 0 Å². The Hall–Kier alpha value is -2.22. The Balaban J connectivity index is 0.00000386. The maximum Gasteiger partial charge on any atom is 1.00 e. The number of nitrogens with one attached hydrogen (secondary N) is 2. The summed E-state index contributed by atoms with van der Waals surface area (Å²) < 4.78 is 48.2. The Bertz CT molecular complexity index is 1920. The number of nitrogens with two attached hydrogens (primary N) is 2. The molecule has 0 spiro atoms. The SMILES string of the molecule is Nc1nc2c(ncn2C2O[C@@H]3COP(O)(=S)O[C@H]4[C@@H](O)[C@H](n5cnc6c(=O)[nH]c(N)nc65)O[C@@H]4COP(=O)([O-])O[C@H]3[C@H]2O)c(=O)[nH]1.[Na+]. The molecule has 7 heterocycles. The number of fused-ring (bicyclic) bond motifs is 4. The summed E-state index contributed by atoms with van der Waals surface area (Å²) >= 11 is 5.16. The van der Waals surface area contributed by atoms with Gasteiger partial charge in [-0.15, -0.1) is 0 Å². The molecule has 27 heteroatoms. The summed E-state index contributed by atoms with van der Waals surface area (Å²) in [5.41, 5.74) is 9.47. The molecule has 3 saturated heterocycles. The number of imidazole rings is 2. The second-order valence-corrected chi connectivity index (χ2v) is 14.5. The van der Waals surface area contributed by atoms with Crippen molar-refractivity contribution < 1.29 is 81.7 Å². The number of H-pyrrole nitrogens is 2. The summed E-state index contributed by atoms with van der Waals surface area (Å²) in [7, 11) is -5.30. The van der Waals surface area contributed by atoms with Crippen LogP contribution >= 0.6 is 14.5 Å². The van der Waals surface area contributed by atoms with Gasteiger partial charge in [0.15, 0.2) is 34.8 Å². The van der Waals surface area contributed by atoms with Crippen LogP contribution in [0.1, 0.15) is 12.5 Å². The maximum atomic E-state index is 13.0. The van der Waals surface area contributed by atoms with E-state index in [1.165, 1.54) is 0 Å². The fourth-order valence-electron chi connectivity index (χ4n) is 5.38. The molecule has 9 N–H and O–H groups in total. The second-order valence-electron chi connectivity index (χ2n) is 10.3. The molecule has 10 atom stereocenters. The Labute approximate surface area is 287 Å². The zero-order valence-corrected chi connectivity index (χ0v) is 28.4. The summed E-state index contributed by atoms with van der Waals surface area (Å²) in [5.74, 6) is -0.519. The molecule has 47 heavy (non-hydrogen) atoms. The molecule has 0 radical (unpaired) electrons. The number of nitrogens with zero attached hydrogens (tertiary/aromatic N) is 6. The number of aliphatic hydroxyl groups excluding tert-OH is 2. The molecule has 3 unspecified atom stereocenters. The molecular weight excluding hydrogens is 705 g/mol. The Morgan fingerprint density at radius 3 is 1.81 bits per heavy atom. The van der Waals surface area contributed by atoms with Gasteiger partial charge in [0.1, 0.15) is 36.6 Å². The summed E-state index contributed by atoms with van der Waals surface area (Å²) in [6, 6.07) is 0. The van der Waals surface area contributed by atoms with Crippen molar-refractivity contribution in [3.8, 4) is 0 Å². The van der Waals surface area contributed by atoms with Crippen molar-refractivity contribution in [1.29, 1.82) is 0 Å². The number of phosphoric ester groups is 1. The molecule has 3 aliphatic heterocycles. The fraction of sp³-hybridized carbons (Fsp3) is 0.500. The molecule has 4 aromatic rings. The summed E-state index contributed by atoms with van der Waals surface area (Å²) in [4.78, 5) is 68.9. The smallest absolute Gasteiger partial charge is 0.756 e. The van der Waals surface area contributed by atoms with Gasteiger partial charge < -0.3 is 54.5 Å². The van der Waals surface area contributed by atoms with Crippen molar-refractivity contribution in [2.75, 3.05) is 24.7 Å². The molecule has 7 rings (SSSR count). The van der Waals surface area contributed by atoms with Gasteiger partial charge in [-0.25, -0.2) is 9.97 Å². The van der Waals surface area contributed by atoms with Crippen molar-refractivity contribution in [2.45, 2.75) is 49.1 Å². The molecule has 248 valence electrons. The van der Waals surface area contributed by atoms with Crippen LogP contribution < -0.4 is 57.0 Å². The first-order chi connectivity index (χ1) is 21.7. The largest absolute Gasteiger partial charge is 1.00 e. The molecule has 3 fully saturated rings. The van der Waals surface area contributed by atoms with Crippen molar-refractivity contribution in [3.63, 3.8) is 0 Å². The molecule has 0 saturated carbocycles. The first kappa shape index (κ1) is 34.6. The van der Waals surface area contributed by atoms with E-state index in [0.29, 0.717) is 0 Å². The van der Waals surface area contributed by atoms with Gasteiger partial charge >= 0.3 is 36.3 Å². The summed E-state index contributed by atoms with van der Waals surface area (Å²) in [6.07, 6.45) is -10.2. The van der Waals surface area contributed by atoms with Gasteiger partial charge in [0.2, 0.25) is 11.9 Å². The van der Waals surface area contributed by atoms with E-state index in [0.717, 1.165) is 21.8 Å². The number of hydrogen-bond acceptors (Lipinski definition) is 19. The maximum absolute atomic E-state index is 13.0. The van der Waals surface area contributed by atoms with Gasteiger partial charge in [0, 0.05) is 0 Å². The molecule has 0 amide bonds. The number of hydrogen-bond donors (Lipinski definition) is 7. The Morgan fingerprint density at radius 2 is 1.32 bits per heavy atom. The molecule has 0 aliphatic carbocycles. The number of aromatic amines is 2. The monoisotopic (exact) mass is 728 g/mol. The summed E-state index contributed by atoms with van der Waals surface area (Å²) in [5, 5.41) is 22.3. The zero-order chi connectivity index (χ0) is 32.7. The van der Waals surface area contributed by atoms with E-state index >= 15 is 0 Å². The molecule has 3 aliphatic rings. The van der Waals surface area contributed by atoms with Crippen molar-refractivity contribution in [3.05, 3.63) is 33.4 Å².